The molecule has 0 bridgehead atoms. The molecule has 0 aliphatic carbocycles. The van der Waals surface area contributed by atoms with E-state index in [9.17, 15) is 0 Å². The zero-order chi connectivity index (χ0) is 39.5. The predicted molar refractivity (Wildman–Crippen MR) is 249 cm³/mol. The van der Waals surface area contributed by atoms with E-state index >= 15 is 0 Å². The summed E-state index contributed by atoms with van der Waals surface area (Å²) in [5.74, 6) is 0.591. The molecule has 59 heavy (non-hydrogen) atoms. The molecule has 11 rings (SSSR count). The van der Waals surface area contributed by atoms with E-state index in [2.05, 4.69) is 199 Å². The number of amidine groups is 1. The summed E-state index contributed by atoms with van der Waals surface area (Å²) in [6.45, 7) is 6.44. The van der Waals surface area contributed by atoms with E-state index in [-0.39, 0.29) is 0 Å². The van der Waals surface area contributed by atoms with Crippen molar-refractivity contribution < 1.29 is 4.42 Å². The van der Waals surface area contributed by atoms with Gasteiger partial charge >= 0.3 is 0 Å². The molecular formula is C55H37N3O. The number of aliphatic imine (C=N–C) groups is 2. The highest BCUT2D eigenvalue weighted by molar-refractivity contribution is 6.19. The van der Waals surface area contributed by atoms with Gasteiger partial charge < -0.3 is 8.98 Å². The molecule has 0 aliphatic heterocycles. The lowest BCUT2D eigenvalue weighted by Gasteiger charge is -2.10. The van der Waals surface area contributed by atoms with E-state index in [1.807, 2.05) is 13.0 Å². The molecule has 0 saturated carbocycles. The second kappa shape index (κ2) is 14.0. The third-order valence-corrected chi connectivity index (χ3v) is 11.5. The van der Waals surface area contributed by atoms with Crippen LogP contribution < -0.4 is 0 Å². The lowest BCUT2D eigenvalue weighted by Crippen LogP contribution is -2.04. The summed E-state index contributed by atoms with van der Waals surface area (Å²) in [6.07, 6.45) is 0. The van der Waals surface area contributed by atoms with Gasteiger partial charge in [0.2, 0.25) is 0 Å². The molecule has 278 valence electrons. The number of furan rings is 1. The molecule has 4 nitrogen and oxygen atoms in total. The molecule has 11 aromatic rings. The second-order valence-electron chi connectivity index (χ2n) is 15.1. The van der Waals surface area contributed by atoms with Crippen molar-refractivity contribution in [3.63, 3.8) is 0 Å². The Morgan fingerprint density at radius 2 is 1.07 bits per heavy atom. The minimum atomic E-state index is 0.591. The van der Waals surface area contributed by atoms with Gasteiger partial charge in [0, 0.05) is 55.5 Å². The number of hydrogen-bond donors (Lipinski definition) is 0. The second-order valence-corrected chi connectivity index (χ2v) is 15.1. The van der Waals surface area contributed by atoms with Gasteiger partial charge in [-0.1, -0.05) is 158 Å². The van der Waals surface area contributed by atoms with E-state index in [1.54, 1.807) is 0 Å². The zero-order valence-corrected chi connectivity index (χ0v) is 32.4. The van der Waals surface area contributed by atoms with Crippen molar-refractivity contribution in [2.75, 3.05) is 0 Å². The molecule has 2 heterocycles. The average Bonchev–Trinajstić information content (AvgIpc) is 3.84. The highest BCUT2D eigenvalue weighted by Gasteiger charge is 2.17. The van der Waals surface area contributed by atoms with Gasteiger partial charge in [-0.15, -0.1) is 0 Å². The summed E-state index contributed by atoms with van der Waals surface area (Å²) in [5, 5.41) is 9.36. The van der Waals surface area contributed by atoms with E-state index in [1.165, 1.54) is 38.0 Å². The quantitative estimate of drug-likeness (QED) is 0.123. The third-order valence-electron chi connectivity index (χ3n) is 11.5. The molecule has 0 amide bonds. The molecule has 0 atom stereocenters. The molecule has 0 aliphatic rings. The Hall–Kier alpha value is -7.82. The molecule has 4 heteroatoms. The first-order chi connectivity index (χ1) is 29.1. The summed E-state index contributed by atoms with van der Waals surface area (Å²) < 4.78 is 9.06. The largest absolute Gasteiger partial charge is 0.456 e. The summed E-state index contributed by atoms with van der Waals surface area (Å²) >= 11 is 0. The average molecular weight is 756 g/mol. The molecule has 0 radical (unpaired) electrons. The fourth-order valence-electron chi connectivity index (χ4n) is 8.51. The highest BCUT2D eigenvalue weighted by Crippen LogP contribution is 2.38. The number of rotatable bonds is 6. The Labute approximate surface area is 341 Å². The summed E-state index contributed by atoms with van der Waals surface area (Å²) in [6, 6.07) is 68.1. The van der Waals surface area contributed by atoms with E-state index in [0.29, 0.717) is 11.5 Å². The summed E-state index contributed by atoms with van der Waals surface area (Å²) in [7, 11) is 0. The molecule has 0 N–H and O–H groups in total. The van der Waals surface area contributed by atoms with Gasteiger partial charge in [-0.05, 0) is 76.2 Å². The Bertz CT molecular complexity index is 3510. The van der Waals surface area contributed by atoms with Crippen LogP contribution in [0.2, 0.25) is 0 Å². The maximum Gasteiger partial charge on any atom is 0.160 e. The van der Waals surface area contributed by atoms with Gasteiger partial charge in [-0.3, -0.25) is 0 Å². The molecule has 0 spiro atoms. The van der Waals surface area contributed by atoms with Crippen molar-refractivity contribution in [2.45, 2.75) is 6.92 Å². The van der Waals surface area contributed by atoms with Crippen molar-refractivity contribution in [2.24, 2.45) is 9.98 Å². The smallest absolute Gasteiger partial charge is 0.160 e. The first-order valence-corrected chi connectivity index (χ1v) is 19.9. The lowest BCUT2D eigenvalue weighted by atomic mass is 10.0. The van der Waals surface area contributed by atoms with Crippen molar-refractivity contribution in [1.29, 1.82) is 0 Å². The molecule has 9 aromatic carbocycles. The number of aromatic nitrogens is 1. The van der Waals surface area contributed by atoms with Crippen molar-refractivity contribution in [3.05, 3.63) is 217 Å². The van der Waals surface area contributed by atoms with Gasteiger partial charge in [0.05, 0.1) is 16.7 Å². The molecule has 0 unspecified atom stereocenters. The Balaban J connectivity index is 0.995. The first kappa shape index (κ1) is 34.4. The Kier molecular flexibility index (Phi) is 8.16. The fraction of sp³-hybridized carbons (Fsp3) is 0.0182. The van der Waals surface area contributed by atoms with Crippen LogP contribution in [0.1, 0.15) is 23.6 Å². The van der Waals surface area contributed by atoms with Crippen LogP contribution in [-0.4, -0.2) is 16.1 Å². The first-order valence-electron chi connectivity index (χ1n) is 19.9. The van der Waals surface area contributed by atoms with Crippen LogP contribution in [0.25, 0.3) is 87.8 Å². The predicted octanol–water partition coefficient (Wildman–Crippen LogP) is 14.6. The normalized spacial score (nSPS) is 12.4. The Morgan fingerprint density at radius 3 is 1.90 bits per heavy atom. The standard InChI is InChI=1S/C55H37N3O/c1-35(42-25-22-38-14-6-7-16-44(38)32-42)56-55(41-23-20-39(21-24-41)37-12-4-3-5-13-37)57-36(2)43-27-29-48-49-31-28-45(34-53(49)59-52(48)33-43)58-51-19-11-10-18-47(51)50-30-26-40-15-8-9-17-46(40)54(50)58/h3-34H,1H2,2H3. The van der Waals surface area contributed by atoms with Crippen molar-refractivity contribution in [1.82, 2.24) is 4.57 Å². The van der Waals surface area contributed by atoms with E-state index in [0.717, 1.165) is 66.5 Å². The fourth-order valence-corrected chi connectivity index (χ4v) is 8.51. The van der Waals surface area contributed by atoms with Crippen LogP contribution in [0.4, 0.5) is 0 Å². The van der Waals surface area contributed by atoms with E-state index < -0.39 is 0 Å². The van der Waals surface area contributed by atoms with Crippen LogP contribution in [0, 0.1) is 0 Å². The van der Waals surface area contributed by atoms with Crippen molar-refractivity contribution >= 4 is 82.5 Å². The van der Waals surface area contributed by atoms with E-state index in [4.69, 9.17) is 14.4 Å². The number of para-hydroxylation sites is 1. The SMILES string of the molecule is C=C(N=C(N=C(C)c1ccc2c(c1)oc1cc(-n3c4ccccc4c4ccc5ccccc5c43)ccc12)c1ccc(-c2ccccc2)cc1)c1ccc2ccccc2c1. The molecule has 0 saturated heterocycles. The molecule has 0 fully saturated rings. The minimum Gasteiger partial charge on any atom is -0.456 e. The van der Waals surface area contributed by atoms with Gasteiger partial charge in [0.25, 0.3) is 0 Å². The van der Waals surface area contributed by atoms with Crippen LogP contribution in [0.5, 0.6) is 0 Å². The number of hydrogen-bond acceptors (Lipinski definition) is 2. The highest BCUT2D eigenvalue weighted by atomic mass is 16.3. The summed E-state index contributed by atoms with van der Waals surface area (Å²) in [4.78, 5) is 10.3. The molecule has 2 aromatic heterocycles. The van der Waals surface area contributed by atoms with Crippen molar-refractivity contribution in [3.8, 4) is 16.8 Å². The Morgan fingerprint density at radius 1 is 0.458 bits per heavy atom. The minimum absolute atomic E-state index is 0.591. The topological polar surface area (TPSA) is 42.8 Å². The molecular weight excluding hydrogens is 719 g/mol. The van der Waals surface area contributed by atoms with Gasteiger partial charge in [0.1, 0.15) is 11.2 Å². The van der Waals surface area contributed by atoms with Gasteiger partial charge in [-0.25, -0.2) is 9.98 Å². The maximum atomic E-state index is 6.68. The van der Waals surface area contributed by atoms with Gasteiger partial charge in [-0.2, -0.15) is 0 Å². The van der Waals surface area contributed by atoms with Crippen LogP contribution in [-0.2, 0) is 0 Å². The van der Waals surface area contributed by atoms with Gasteiger partial charge in [0.15, 0.2) is 5.84 Å². The van der Waals surface area contributed by atoms with Crippen LogP contribution in [0.15, 0.2) is 215 Å². The zero-order valence-electron chi connectivity index (χ0n) is 32.4. The monoisotopic (exact) mass is 755 g/mol. The summed E-state index contributed by atoms with van der Waals surface area (Å²) in [5.41, 5.74) is 11.6. The van der Waals surface area contributed by atoms with Crippen LogP contribution >= 0.6 is 0 Å². The number of benzene rings is 9. The number of nitrogens with zero attached hydrogens (tertiary/aromatic N) is 3. The lowest BCUT2D eigenvalue weighted by molar-refractivity contribution is 0.668. The number of fused-ring (bicyclic) bond motifs is 9. The third kappa shape index (κ3) is 6.01. The maximum absolute atomic E-state index is 6.68. The van der Waals surface area contributed by atoms with Crippen LogP contribution in [0.3, 0.4) is 0 Å².